The zero-order chi connectivity index (χ0) is 20.6. The van der Waals surface area contributed by atoms with Gasteiger partial charge in [0.1, 0.15) is 0 Å². The van der Waals surface area contributed by atoms with E-state index in [1.54, 1.807) is 0 Å². The van der Waals surface area contributed by atoms with Crippen LogP contribution in [0.25, 0.3) is 0 Å². The van der Waals surface area contributed by atoms with Crippen molar-refractivity contribution in [1.29, 1.82) is 0 Å². The van der Waals surface area contributed by atoms with Gasteiger partial charge in [-0.3, -0.25) is 4.68 Å². The van der Waals surface area contributed by atoms with E-state index in [1.807, 2.05) is 60.4 Å². The highest BCUT2D eigenvalue weighted by Crippen LogP contribution is 2.32. The number of anilines is 1. The molecule has 0 saturated carbocycles. The molecule has 4 rings (SSSR count). The maximum Gasteiger partial charge on any atom is 0.196 e. The van der Waals surface area contributed by atoms with E-state index in [1.165, 1.54) is 5.56 Å². The number of ether oxygens (including phenoxy) is 2. The normalized spacial score (nSPS) is 13.6. The Balaban J connectivity index is 1.41. The predicted molar refractivity (Wildman–Crippen MR) is 118 cm³/mol. The predicted octanol–water partition coefficient (Wildman–Crippen LogP) is 3.67. The van der Waals surface area contributed by atoms with Gasteiger partial charge >= 0.3 is 0 Å². The van der Waals surface area contributed by atoms with E-state index < -0.39 is 0 Å². The van der Waals surface area contributed by atoms with E-state index in [0.29, 0.717) is 25.7 Å². The zero-order valence-corrected chi connectivity index (χ0v) is 17.2. The number of hydrogen-bond donors (Lipinski definition) is 2. The van der Waals surface area contributed by atoms with Crippen LogP contribution in [0, 0.1) is 0 Å². The van der Waals surface area contributed by atoms with Crippen LogP contribution in [0.2, 0.25) is 0 Å². The number of hydrogen-bond acceptors (Lipinski definition) is 4. The molecule has 7 nitrogen and oxygen atoms in total. The highest BCUT2D eigenvalue weighted by atomic mass is 16.5. The zero-order valence-electron chi connectivity index (χ0n) is 17.2. The Kier molecular flexibility index (Phi) is 6.49. The molecule has 0 aliphatic carbocycles. The first-order chi connectivity index (χ1) is 14.8. The van der Waals surface area contributed by atoms with E-state index in [4.69, 9.17) is 14.5 Å². The van der Waals surface area contributed by atoms with Crippen LogP contribution in [0.5, 0.6) is 11.5 Å². The van der Waals surface area contributed by atoms with Crippen molar-refractivity contribution in [2.45, 2.75) is 26.4 Å². The third-order valence-electron chi connectivity index (χ3n) is 4.65. The molecule has 0 bridgehead atoms. The van der Waals surface area contributed by atoms with Crippen molar-refractivity contribution in [3.63, 3.8) is 0 Å². The summed E-state index contributed by atoms with van der Waals surface area (Å²) in [6.07, 6.45) is 4.79. The average molecular weight is 406 g/mol. The summed E-state index contributed by atoms with van der Waals surface area (Å²) < 4.78 is 13.4. The summed E-state index contributed by atoms with van der Waals surface area (Å²) in [6.45, 7) is 5.45. The lowest BCUT2D eigenvalue weighted by Gasteiger charge is -2.13. The van der Waals surface area contributed by atoms with Crippen molar-refractivity contribution in [3.05, 3.63) is 72.1 Å². The molecule has 156 valence electrons. The van der Waals surface area contributed by atoms with Crippen molar-refractivity contribution in [3.8, 4) is 11.5 Å². The first-order valence-electron chi connectivity index (χ1n) is 10.3. The Morgan fingerprint density at radius 2 is 1.90 bits per heavy atom. The van der Waals surface area contributed by atoms with E-state index >= 15 is 0 Å². The topological polar surface area (TPSA) is 72.7 Å². The molecule has 2 N–H and O–H groups in total. The van der Waals surface area contributed by atoms with Gasteiger partial charge in [0, 0.05) is 36.5 Å². The molecule has 0 fully saturated rings. The molecule has 0 amide bonds. The van der Waals surface area contributed by atoms with Crippen LogP contribution in [0.4, 0.5) is 5.69 Å². The van der Waals surface area contributed by atoms with Crippen molar-refractivity contribution in [2.75, 3.05) is 25.1 Å². The van der Waals surface area contributed by atoms with E-state index in [9.17, 15) is 0 Å². The van der Waals surface area contributed by atoms with Crippen molar-refractivity contribution in [1.82, 2.24) is 15.1 Å². The number of nitrogens with zero attached hydrogens (tertiary/aromatic N) is 3. The van der Waals surface area contributed by atoms with Gasteiger partial charge in [-0.15, -0.1) is 0 Å². The number of rotatable bonds is 6. The van der Waals surface area contributed by atoms with Gasteiger partial charge in [-0.25, -0.2) is 4.99 Å². The number of aliphatic imine (C=N–C) groups is 1. The maximum absolute atomic E-state index is 5.78. The molecular formula is C23H27N5O2. The van der Waals surface area contributed by atoms with Crippen LogP contribution >= 0.6 is 0 Å². The SMILES string of the molecule is CCNC(=NCc1cnn(Cc2ccccc2)c1)Nc1ccc2c(c1)OCCCO2. The van der Waals surface area contributed by atoms with Gasteiger partial charge < -0.3 is 20.1 Å². The quantitative estimate of drug-likeness (QED) is 0.484. The van der Waals surface area contributed by atoms with Crippen LogP contribution in [0.3, 0.4) is 0 Å². The molecule has 30 heavy (non-hydrogen) atoms. The van der Waals surface area contributed by atoms with Crippen LogP contribution in [-0.4, -0.2) is 35.5 Å². The fourth-order valence-electron chi connectivity index (χ4n) is 3.20. The largest absolute Gasteiger partial charge is 0.490 e. The Morgan fingerprint density at radius 3 is 2.73 bits per heavy atom. The summed E-state index contributed by atoms with van der Waals surface area (Å²) in [5.41, 5.74) is 3.18. The number of benzene rings is 2. The Bertz CT molecular complexity index is 984. The second kappa shape index (κ2) is 9.82. The monoisotopic (exact) mass is 405 g/mol. The van der Waals surface area contributed by atoms with E-state index in [2.05, 4.69) is 27.9 Å². The molecule has 0 saturated heterocycles. The van der Waals surface area contributed by atoms with E-state index in [0.717, 1.165) is 42.3 Å². The van der Waals surface area contributed by atoms with Gasteiger partial charge in [0.05, 0.1) is 32.5 Å². The fourth-order valence-corrected chi connectivity index (χ4v) is 3.20. The number of aromatic nitrogens is 2. The van der Waals surface area contributed by atoms with Crippen LogP contribution in [0.1, 0.15) is 24.5 Å². The van der Waals surface area contributed by atoms with Crippen molar-refractivity contribution >= 4 is 11.6 Å². The second-order valence-corrected chi connectivity index (χ2v) is 7.06. The minimum absolute atomic E-state index is 0.536. The van der Waals surface area contributed by atoms with Gasteiger partial charge in [0.15, 0.2) is 17.5 Å². The minimum Gasteiger partial charge on any atom is -0.490 e. The molecule has 0 radical (unpaired) electrons. The van der Waals surface area contributed by atoms with Gasteiger partial charge in [-0.05, 0) is 24.6 Å². The highest BCUT2D eigenvalue weighted by Gasteiger charge is 2.11. The van der Waals surface area contributed by atoms with Gasteiger partial charge in [-0.1, -0.05) is 30.3 Å². The molecule has 0 spiro atoms. The molecule has 7 heteroatoms. The summed E-state index contributed by atoms with van der Waals surface area (Å²) in [6, 6.07) is 16.1. The van der Waals surface area contributed by atoms with Crippen LogP contribution in [0.15, 0.2) is 65.9 Å². The number of fused-ring (bicyclic) bond motifs is 1. The van der Waals surface area contributed by atoms with Gasteiger partial charge in [0.2, 0.25) is 0 Å². The minimum atomic E-state index is 0.536. The standard InChI is InChI=1S/C23H27N5O2/c1-2-24-23(27-20-9-10-21-22(13-20)30-12-6-11-29-21)25-14-19-15-26-28(17-19)16-18-7-4-3-5-8-18/h3-5,7-10,13,15,17H,2,6,11-12,14,16H2,1H3,(H2,24,25,27). The molecule has 1 aromatic heterocycles. The summed E-state index contributed by atoms with van der Waals surface area (Å²) in [5.74, 6) is 2.25. The van der Waals surface area contributed by atoms with Crippen LogP contribution < -0.4 is 20.1 Å². The van der Waals surface area contributed by atoms with Crippen molar-refractivity contribution in [2.24, 2.45) is 4.99 Å². The first-order valence-corrected chi connectivity index (χ1v) is 10.3. The van der Waals surface area contributed by atoms with Crippen LogP contribution in [-0.2, 0) is 13.1 Å². The first kappa shape index (κ1) is 19.8. The Hall–Kier alpha value is -3.48. The fraction of sp³-hybridized carbons (Fsp3) is 0.304. The molecule has 1 aliphatic rings. The number of nitrogens with one attached hydrogen (secondary N) is 2. The number of guanidine groups is 1. The van der Waals surface area contributed by atoms with Crippen molar-refractivity contribution < 1.29 is 9.47 Å². The third kappa shape index (κ3) is 5.31. The third-order valence-corrected chi connectivity index (χ3v) is 4.65. The molecule has 1 aliphatic heterocycles. The summed E-state index contributed by atoms with van der Waals surface area (Å²) in [5, 5.41) is 11.1. The lowest BCUT2D eigenvalue weighted by Crippen LogP contribution is -2.30. The average Bonchev–Trinajstić information content (AvgIpc) is 3.07. The lowest BCUT2D eigenvalue weighted by molar-refractivity contribution is 0.297. The maximum atomic E-state index is 5.78. The molecular weight excluding hydrogens is 378 g/mol. The van der Waals surface area contributed by atoms with E-state index in [-0.39, 0.29) is 0 Å². The molecule has 0 unspecified atom stereocenters. The lowest BCUT2D eigenvalue weighted by atomic mass is 10.2. The molecule has 2 aromatic carbocycles. The Morgan fingerprint density at radius 1 is 1.07 bits per heavy atom. The molecule has 0 atom stereocenters. The van der Waals surface area contributed by atoms with Gasteiger partial charge in [0.25, 0.3) is 0 Å². The molecule has 2 heterocycles. The molecule has 3 aromatic rings. The smallest absolute Gasteiger partial charge is 0.196 e. The van der Waals surface area contributed by atoms with Gasteiger partial charge in [-0.2, -0.15) is 5.10 Å². The summed E-state index contributed by atoms with van der Waals surface area (Å²) in [4.78, 5) is 4.70. The highest BCUT2D eigenvalue weighted by molar-refractivity contribution is 5.93. The second-order valence-electron chi connectivity index (χ2n) is 7.06. The summed E-state index contributed by atoms with van der Waals surface area (Å²) >= 11 is 0. The Labute approximate surface area is 176 Å². The summed E-state index contributed by atoms with van der Waals surface area (Å²) in [7, 11) is 0.